The van der Waals surface area contributed by atoms with Crippen molar-refractivity contribution < 1.29 is 24.1 Å². The van der Waals surface area contributed by atoms with E-state index in [1.807, 2.05) is 36.4 Å². The van der Waals surface area contributed by atoms with Crippen LogP contribution in [0.5, 0.6) is 17.2 Å². The number of aromatic carboxylic acids is 1. The van der Waals surface area contributed by atoms with Gasteiger partial charge in [-0.1, -0.05) is 12.1 Å². The highest BCUT2D eigenvalue weighted by molar-refractivity contribution is 5.97. The quantitative estimate of drug-likeness (QED) is 0.742. The molecule has 0 aliphatic carbocycles. The Bertz CT molecular complexity index is 921. The lowest BCUT2D eigenvalue weighted by Gasteiger charge is -2.10. The fourth-order valence-corrected chi connectivity index (χ4v) is 3.13. The van der Waals surface area contributed by atoms with Crippen molar-refractivity contribution in [3.63, 3.8) is 0 Å². The van der Waals surface area contributed by atoms with Crippen molar-refractivity contribution in [2.24, 2.45) is 0 Å². The van der Waals surface area contributed by atoms with Crippen molar-refractivity contribution in [3.8, 4) is 17.2 Å². The predicted molar refractivity (Wildman–Crippen MR) is 91.6 cm³/mol. The van der Waals surface area contributed by atoms with Crippen LogP contribution in [0.3, 0.4) is 0 Å². The number of aryl methyl sites for hydroxylation is 1. The number of rotatable bonds is 5. The monoisotopic (exact) mass is 339 g/mol. The summed E-state index contributed by atoms with van der Waals surface area (Å²) in [4.78, 5) is 14.6. The summed E-state index contributed by atoms with van der Waals surface area (Å²) < 4.78 is 16.8. The fraction of sp³-hybridized carbons (Fsp3) is 0.211. The second kappa shape index (κ2) is 6.05. The van der Waals surface area contributed by atoms with Gasteiger partial charge in [-0.2, -0.15) is 0 Å². The van der Waals surface area contributed by atoms with Gasteiger partial charge in [0.1, 0.15) is 11.4 Å². The molecule has 1 aliphatic heterocycles. The highest BCUT2D eigenvalue weighted by Gasteiger charge is 2.25. The zero-order valence-electron chi connectivity index (χ0n) is 13.6. The Hall–Kier alpha value is -3.15. The van der Waals surface area contributed by atoms with E-state index in [4.69, 9.17) is 14.2 Å². The summed E-state index contributed by atoms with van der Waals surface area (Å²) in [7, 11) is 1.59. The van der Waals surface area contributed by atoms with Crippen LogP contribution in [0.1, 0.15) is 22.5 Å². The Morgan fingerprint density at radius 2 is 1.92 bits per heavy atom. The van der Waals surface area contributed by atoms with Crippen molar-refractivity contribution in [1.29, 1.82) is 0 Å². The lowest BCUT2D eigenvalue weighted by atomic mass is 10.0. The van der Waals surface area contributed by atoms with Crippen molar-refractivity contribution in [1.82, 2.24) is 4.98 Å². The zero-order chi connectivity index (χ0) is 17.4. The number of methoxy groups -OCH3 is 1. The van der Waals surface area contributed by atoms with Gasteiger partial charge < -0.3 is 24.3 Å². The van der Waals surface area contributed by atoms with Gasteiger partial charge in [0.25, 0.3) is 0 Å². The lowest BCUT2D eigenvalue weighted by Crippen LogP contribution is -2.19. The van der Waals surface area contributed by atoms with E-state index in [2.05, 4.69) is 4.98 Å². The smallest absolute Gasteiger partial charge is 0.352 e. The maximum atomic E-state index is 11.6. The molecule has 0 saturated heterocycles. The molecule has 2 aromatic carbocycles. The Kier molecular flexibility index (Phi) is 3.72. The summed E-state index contributed by atoms with van der Waals surface area (Å²) in [6, 6.07) is 13.0. The summed E-state index contributed by atoms with van der Waals surface area (Å²) in [6.07, 6.45) is 0.627. The van der Waals surface area contributed by atoms with E-state index in [0.29, 0.717) is 30.1 Å². The molecule has 4 rings (SSSR count). The maximum absolute atomic E-state index is 11.6. The third-order valence-electron chi connectivity index (χ3n) is 4.32. The molecule has 2 heterocycles. The molecule has 0 unspecified atom stereocenters. The number of fused-ring (bicyclic) bond motifs is 2. The molecule has 0 radical (unpaired) electrons. The third kappa shape index (κ3) is 2.76. The molecule has 0 atom stereocenters. The molecule has 2 N–H and O–H groups in total. The number of hydrogen-bond donors (Lipinski definition) is 2. The minimum atomic E-state index is -0.985. The Morgan fingerprint density at radius 3 is 2.56 bits per heavy atom. The summed E-state index contributed by atoms with van der Waals surface area (Å²) in [5, 5.41) is 10.3. The van der Waals surface area contributed by atoms with Gasteiger partial charge in [0.15, 0.2) is 11.5 Å². The van der Waals surface area contributed by atoms with Gasteiger partial charge in [0.05, 0.1) is 7.11 Å². The van der Waals surface area contributed by atoms with E-state index in [1.54, 1.807) is 13.2 Å². The van der Waals surface area contributed by atoms with Crippen LogP contribution in [-0.2, 0) is 6.42 Å². The van der Waals surface area contributed by atoms with Crippen LogP contribution in [0.2, 0.25) is 0 Å². The van der Waals surface area contributed by atoms with Crippen LogP contribution in [0.15, 0.2) is 42.5 Å². The van der Waals surface area contributed by atoms with Gasteiger partial charge >= 0.3 is 5.97 Å². The van der Waals surface area contributed by atoms with Crippen LogP contribution in [-0.4, -0.2) is 29.5 Å². The molecule has 1 aromatic heterocycles. The second-order valence-electron chi connectivity index (χ2n) is 5.85. The normalized spacial score (nSPS) is 13.3. The predicted octanol–water partition coefficient (Wildman–Crippen LogP) is 3.60. The van der Waals surface area contributed by atoms with Gasteiger partial charge in [-0.3, -0.25) is 0 Å². The minimum Gasteiger partial charge on any atom is -0.497 e. The van der Waals surface area contributed by atoms with Crippen molar-refractivity contribution in [2.45, 2.75) is 19.1 Å². The number of para-hydroxylation sites is 2. The van der Waals surface area contributed by atoms with Crippen molar-refractivity contribution in [3.05, 3.63) is 53.7 Å². The highest BCUT2D eigenvalue weighted by atomic mass is 16.7. The largest absolute Gasteiger partial charge is 0.497 e. The van der Waals surface area contributed by atoms with E-state index in [0.717, 1.165) is 16.5 Å². The summed E-state index contributed by atoms with van der Waals surface area (Å²) in [5.74, 6) is 1.13. The maximum Gasteiger partial charge on any atom is 0.352 e. The summed E-state index contributed by atoms with van der Waals surface area (Å²) in [5.41, 5.74) is 1.69. The number of carboxylic acid groups (broad SMARTS) is 1. The number of H-pyrrole nitrogens is 1. The molecular formula is C19H17NO5. The number of benzene rings is 2. The number of aromatic amines is 1. The average molecular weight is 339 g/mol. The van der Waals surface area contributed by atoms with Gasteiger partial charge in [-0.05, 0) is 42.3 Å². The van der Waals surface area contributed by atoms with Crippen molar-refractivity contribution in [2.75, 3.05) is 7.11 Å². The van der Waals surface area contributed by atoms with Crippen LogP contribution in [0.4, 0.5) is 0 Å². The molecule has 0 amide bonds. The molecule has 3 aromatic rings. The average Bonchev–Trinajstić information content (AvgIpc) is 3.20. The van der Waals surface area contributed by atoms with E-state index in [9.17, 15) is 9.90 Å². The molecule has 1 aliphatic rings. The topological polar surface area (TPSA) is 80.8 Å². The van der Waals surface area contributed by atoms with E-state index in [1.165, 1.54) is 0 Å². The molecule has 6 nitrogen and oxygen atoms in total. The van der Waals surface area contributed by atoms with Gasteiger partial charge in [0.2, 0.25) is 6.29 Å². The van der Waals surface area contributed by atoms with E-state index < -0.39 is 12.3 Å². The standard InChI is InChI=1S/C19H17NO5/c1-23-11-6-8-14-13(10-11)12(18(20-14)19(21)22)7-9-17-24-15-4-2-3-5-16(15)25-17/h2-6,8,10,17,20H,7,9H2,1H3,(H,21,22). The second-order valence-corrected chi connectivity index (χ2v) is 5.85. The lowest BCUT2D eigenvalue weighted by molar-refractivity contribution is 0.0420. The van der Waals surface area contributed by atoms with Crippen LogP contribution >= 0.6 is 0 Å². The molecule has 0 saturated carbocycles. The van der Waals surface area contributed by atoms with Gasteiger partial charge in [-0.25, -0.2) is 4.79 Å². The molecule has 128 valence electrons. The number of nitrogens with one attached hydrogen (secondary N) is 1. The Morgan fingerprint density at radius 1 is 1.20 bits per heavy atom. The number of carboxylic acids is 1. The van der Waals surface area contributed by atoms with Crippen LogP contribution < -0.4 is 14.2 Å². The molecule has 0 bridgehead atoms. The van der Waals surface area contributed by atoms with Gasteiger partial charge in [-0.15, -0.1) is 0 Å². The van der Waals surface area contributed by atoms with E-state index in [-0.39, 0.29) is 5.69 Å². The highest BCUT2D eigenvalue weighted by Crippen LogP contribution is 2.36. The number of carbonyl (C=O) groups is 1. The Balaban J connectivity index is 1.60. The molecular weight excluding hydrogens is 322 g/mol. The minimum absolute atomic E-state index is 0.193. The first-order chi connectivity index (χ1) is 12.2. The summed E-state index contributed by atoms with van der Waals surface area (Å²) in [6.45, 7) is 0. The first kappa shape index (κ1) is 15.4. The first-order valence-corrected chi connectivity index (χ1v) is 8.00. The molecule has 25 heavy (non-hydrogen) atoms. The van der Waals surface area contributed by atoms with Crippen molar-refractivity contribution >= 4 is 16.9 Å². The molecule has 6 heteroatoms. The van der Waals surface area contributed by atoms with Gasteiger partial charge in [0, 0.05) is 17.3 Å². The SMILES string of the molecule is COc1ccc2[nH]c(C(=O)O)c(CCC3Oc4ccccc4O3)c2c1. The molecule has 0 fully saturated rings. The number of hydrogen-bond acceptors (Lipinski definition) is 4. The Labute approximate surface area is 143 Å². The first-order valence-electron chi connectivity index (χ1n) is 8.00. The van der Waals surface area contributed by atoms with E-state index >= 15 is 0 Å². The number of aromatic nitrogens is 1. The fourth-order valence-electron chi connectivity index (χ4n) is 3.13. The summed E-state index contributed by atoms with van der Waals surface area (Å²) >= 11 is 0. The van der Waals surface area contributed by atoms with Crippen LogP contribution in [0.25, 0.3) is 10.9 Å². The zero-order valence-corrected chi connectivity index (χ0v) is 13.6. The molecule has 0 spiro atoms. The third-order valence-corrected chi connectivity index (χ3v) is 4.32. The van der Waals surface area contributed by atoms with Crippen LogP contribution in [0, 0.1) is 0 Å². The number of ether oxygens (including phenoxy) is 3.